The molecule has 5 aliphatic heterocycles. The highest BCUT2D eigenvalue weighted by atomic mass is 16.5. The van der Waals surface area contributed by atoms with E-state index in [-0.39, 0.29) is 82.7 Å². The molecule has 30 nitrogen and oxygen atoms in total. The first-order valence-electron chi connectivity index (χ1n) is 40.1. The molecule has 5 amide bonds. The maximum atomic E-state index is 12.8. The van der Waals surface area contributed by atoms with E-state index in [1.54, 1.807) is 221 Å². The first-order chi connectivity index (χ1) is 62.1. The van der Waals surface area contributed by atoms with Gasteiger partial charge >= 0.3 is 0 Å². The van der Waals surface area contributed by atoms with Crippen molar-refractivity contribution >= 4 is 58.0 Å². The van der Waals surface area contributed by atoms with Gasteiger partial charge in [-0.15, -0.1) is 0 Å². The van der Waals surface area contributed by atoms with Gasteiger partial charge in [0.05, 0.1) is 161 Å². The van der Waals surface area contributed by atoms with E-state index in [2.05, 4.69) is 39.8 Å². The number of phenols is 4. The topological polar surface area (TPSA) is 330 Å². The van der Waals surface area contributed by atoms with Crippen molar-refractivity contribution in [1.82, 2.24) is 0 Å². The van der Waals surface area contributed by atoms with Crippen LogP contribution in [0.4, 0.5) is 28.4 Å². The van der Waals surface area contributed by atoms with Gasteiger partial charge in [-0.25, -0.2) is 0 Å². The number of methoxy groups -OCH3 is 15. The summed E-state index contributed by atoms with van der Waals surface area (Å²) in [6.45, 7) is 22.1. The Morgan fingerprint density at radius 1 is 0.264 bits per heavy atom. The van der Waals surface area contributed by atoms with E-state index in [1.165, 1.54) is 49.8 Å². The first-order valence-corrected chi connectivity index (χ1v) is 40.1. The number of aromatic hydroxyl groups is 4. The molecule has 5 aliphatic rings. The van der Waals surface area contributed by atoms with Gasteiger partial charge in [-0.1, -0.05) is 82.6 Å². The van der Waals surface area contributed by atoms with Gasteiger partial charge in [0.25, 0.3) is 29.5 Å². The van der Waals surface area contributed by atoms with Crippen molar-refractivity contribution in [3.05, 3.63) is 271 Å². The highest BCUT2D eigenvalue weighted by Crippen LogP contribution is 2.54. The molecule has 129 heavy (non-hydrogen) atoms. The molecule has 0 saturated carbocycles. The van der Waals surface area contributed by atoms with E-state index < -0.39 is 0 Å². The fourth-order valence-corrected chi connectivity index (χ4v) is 15.1. The Morgan fingerprint density at radius 2 is 0.574 bits per heavy atom. The monoisotopic (exact) mass is 1760 g/mol. The largest absolute Gasteiger partial charge is 0.504 e. The molecule has 0 aliphatic carbocycles. The Morgan fingerprint density at radius 3 is 0.938 bits per heavy atom. The molecular weight excluding hydrogens is 1660 g/mol. The molecule has 5 heterocycles. The number of anilines is 5. The summed E-state index contributed by atoms with van der Waals surface area (Å²) < 4.78 is 84.8. The second-order valence-corrected chi connectivity index (χ2v) is 29.1. The summed E-state index contributed by atoms with van der Waals surface area (Å²) in [7, 11) is 23.0. The molecule has 674 valence electrons. The van der Waals surface area contributed by atoms with Crippen LogP contribution in [-0.2, 0) is 24.0 Å². The minimum Gasteiger partial charge on any atom is -0.504 e. The zero-order chi connectivity index (χ0) is 93.5. The number of hydrogen-bond donors (Lipinski definition) is 4. The standard InChI is InChI=1S/C24H29NO6.3C19H19NO5.C18H17NO4/c1-7-8-11-31-19-12-16(9-10-18(19)27-3)22-15(2)24(26)25(22)17-13-20(28-4)23(30-6)21(14-17)29-5;1-11-18(12-5-8-16(24-3)15(21)9-12)20(19(11)22)14-7-6-13(23-2)10-17(14)25-4;1-11-18(12-5-7-15(23-2)14(21)9-12)20(19(11)22)13-6-8-16(24-3)17(10-13)25-4;1-11-18(12-5-6-17(25-4)16(21)7-12)20(19(11)22)13-8-14(23-2)10-15(9-13)24-3;1-11-17(12-7-8-16(23-3)15(20)9-12)19(18(11)21)13-5-4-6-14(10-13)22-2/h9-10,12-14,22H,2,7-8,11H2,1,3-6H3;3*5-10,18,21H,1H2,2-4H3;4-10,17,20H,1H2,2-3H3/t22-;3*18-;17-/m11111/s1. The van der Waals surface area contributed by atoms with E-state index >= 15 is 0 Å². The van der Waals surface area contributed by atoms with Crippen molar-refractivity contribution in [2.75, 3.05) is 138 Å². The maximum Gasteiger partial charge on any atom is 0.257 e. The van der Waals surface area contributed by atoms with Gasteiger partial charge in [0.2, 0.25) is 5.75 Å². The van der Waals surface area contributed by atoms with Gasteiger partial charge in [0.1, 0.15) is 28.7 Å². The van der Waals surface area contributed by atoms with E-state index in [4.69, 9.17) is 75.8 Å². The lowest BCUT2D eigenvalue weighted by Gasteiger charge is -2.43. The van der Waals surface area contributed by atoms with Crippen molar-refractivity contribution in [3.8, 4) is 115 Å². The van der Waals surface area contributed by atoms with Crippen LogP contribution in [0.5, 0.6) is 115 Å². The predicted molar refractivity (Wildman–Crippen MR) is 487 cm³/mol. The van der Waals surface area contributed by atoms with Crippen LogP contribution >= 0.6 is 0 Å². The molecule has 10 aromatic rings. The molecule has 5 atom stereocenters. The van der Waals surface area contributed by atoms with Crippen LogP contribution in [0.1, 0.15) is 77.8 Å². The molecule has 30 heteroatoms. The minimum absolute atomic E-state index is 0.00814. The Hall–Kier alpha value is -15.8. The van der Waals surface area contributed by atoms with Crippen LogP contribution in [0.3, 0.4) is 0 Å². The van der Waals surface area contributed by atoms with Crippen LogP contribution in [0.25, 0.3) is 0 Å². The number of β-lactam (4-membered cyclic amide) rings is 5. The molecule has 5 saturated heterocycles. The van der Waals surface area contributed by atoms with Gasteiger partial charge in [0, 0.05) is 87.8 Å². The second-order valence-electron chi connectivity index (χ2n) is 29.1. The number of ether oxygens (including phenoxy) is 16. The molecule has 0 unspecified atom stereocenters. The fraction of sp³-hybridized carbons (Fsp3) is 0.242. The number of rotatable bonds is 29. The average Bonchev–Trinajstić information content (AvgIpc) is 0.752. The summed E-state index contributed by atoms with van der Waals surface area (Å²) in [4.78, 5) is 70.3. The Balaban J connectivity index is 0.000000157. The third kappa shape index (κ3) is 19.0. The van der Waals surface area contributed by atoms with Crippen LogP contribution < -0.4 is 100 Å². The molecule has 0 spiro atoms. The third-order valence-corrected chi connectivity index (χ3v) is 21.9. The Bertz CT molecular complexity index is 5900. The van der Waals surface area contributed by atoms with Crippen LogP contribution in [0, 0.1) is 0 Å². The molecule has 15 rings (SSSR count). The SMILES string of the molecule is C=C1C(=O)N(c2cc(OC)c(OC)c(OC)c2)[C@H]1c1ccc(OC)c(OCCCC)c1.C=C1C(=O)N(c2cc(OC)cc(OC)c2)[C@H]1c1ccc(OC)c(O)c1.C=C1C(=O)N(c2ccc(OC)c(OC)c2)[C@H]1c1ccc(OC)c(O)c1.C=C1C(=O)N(c2ccc(OC)cc2OC)[C@H]1c1ccc(OC)c(O)c1.C=C1C(=O)N(c2cccc(OC)c2)[C@H]1c1ccc(OC)c(O)c1. The number of amides is 5. The van der Waals surface area contributed by atoms with E-state index in [1.807, 2.05) is 42.5 Å². The number of carbonyl (C=O) groups excluding carboxylic acids is 5. The van der Waals surface area contributed by atoms with E-state index in [0.29, 0.717) is 149 Å². The van der Waals surface area contributed by atoms with E-state index in [0.717, 1.165) is 46.3 Å². The summed E-state index contributed by atoms with van der Waals surface area (Å²) in [6, 6.07) is 50.6. The summed E-state index contributed by atoms with van der Waals surface area (Å²) in [5.41, 5.74) is 9.47. The lowest BCUT2D eigenvalue weighted by atomic mass is 9.88. The van der Waals surface area contributed by atoms with Gasteiger partial charge < -0.3 is 96.2 Å². The van der Waals surface area contributed by atoms with Crippen LogP contribution in [0.2, 0.25) is 0 Å². The summed E-state index contributed by atoms with van der Waals surface area (Å²) in [5.74, 6) is 7.50. The summed E-state index contributed by atoms with van der Waals surface area (Å²) >= 11 is 0. The van der Waals surface area contributed by atoms with Crippen LogP contribution in [0.15, 0.2) is 243 Å². The maximum absolute atomic E-state index is 12.8. The normalized spacial score (nSPS) is 16.3. The molecule has 10 aromatic carbocycles. The van der Waals surface area contributed by atoms with Crippen molar-refractivity contribution in [2.24, 2.45) is 0 Å². The minimum atomic E-state index is -0.383. The number of benzene rings is 10. The summed E-state index contributed by atoms with van der Waals surface area (Å²) in [6.07, 6.45) is 1.98. The predicted octanol–water partition coefficient (Wildman–Crippen LogP) is 16.8. The molecule has 0 aromatic heterocycles. The summed E-state index contributed by atoms with van der Waals surface area (Å²) in [5, 5.41) is 40.1. The molecule has 5 fully saturated rings. The molecule has 0 bridgehead atoms. The zero-order valence-corrected chi connectivity index (χ0v) is 74.5. The smallest absolute Gasteiger partial charge is 0.257 e. The fourth-order valence-electron chi connectivity index (χ4n) is 15.1. The van der Waals surface area contributed by atoms with Gasteiger partial charge in [-0.2, -0.15) is 0 Å². The van der Waals surface area contributed by atoms with Gasteiger partial charge in [-0.05, 0) is 131 Å². The molecule has 0 radical (unpaired) electrons. The van der Waals surface area contributed by atoms with Crippen molar-refractivity contribution in [2.45, 2.75) is 50.0 Å². The van der Waals surface area contributed by atoms with Crippen molar-refractivity contribution < 1.29 is 120 Å². The van der Waals surface area contributed by atoms with Gasteiger partial charge in [0.15, 0.2) is 80.5 Å². The van der Waals surface area contributed by atoms with Crippen LogP contribution in [-0.4, -0.2) is 163 Å². The Kier molecular flexibility index (Phi) is 30.1. The quantitative estimate of drug-likeness (QED) is 0.0192. The number of unbranched alkanes of at least 4 members (excludes halogenated alkanes) is 1. The highest BCUT2D eigenvalue weighted by molar-refractivity contribution is 6.18. The number of nitrogens with zero attached hydrogens (tertiary/aromatic N) is 5. The number of hydrogen-bond acceptors (Lipinski definition) is 25. The third-order valence-electron chi connectivity index (χ3n) is 21.9. The second kappa shape index (κ2) is 41.4. The van der Waals surface area contributed by atoms with Crippen molar-refractivity contribution in [3.63, 3.8) is 0 Å². The zero-order valence-electron chi connectivity index (χ0n) is 74.5. The average molecular weight is 1760 g/mol. The Labute approximate surface area is 747 Å². The molecular formula is C99H103N5O25. The first kappa shape index (κ1) is 93.9. The highest BCUT2D eigenvalue weighted by Gasteiger charge is 2.48. The van der Waals surface area contributed by atoms with E-state index in [9.17, 15) is 44.4 Å². The number of carbonyl (C=O) groups is 5. The van der Waals surface area contributed by atoms with Crippen molar-refractivity contribution in [1.29, 1.82) is 0 Å². The van der Waals surface area contributed by atoms with Gasteiger partial charge in [-0.3, -0.25) is 48.5 Å². The lowest BCUT2D eigenvalue weighted by Crippen LogP contribution is -2.49. The number of phenolic OH excluding ortho intramolecular Hbond substituents is 4. The molecule has 4 N–H and O–H groups in total. The lowest BCUT2D eigenvalue weighted by molar-refractivity contribution is -0.119.